The summed E-state index contributed by atoms with van der Waals surface area (Å²) in [4.78, 5) is 10.5. The minimum atomic E-state index is -1.09. The maximum atomic E-state index is 10.5. The third kappa shape index (κ3) is 4.77. The molecule has 0 bridgehead atoms. The SMILES string of the molecule is CNC(=O)O[SiH2]C(OC)OC. The van der Waals surface area contributed by atoms with E-state index in [4.69, 9.17) is 13.9 Å². The molecule has 6 heteroatoms. The maximum Gasteiger partial charge on any atom is 0.393 e. The molecular formula is C5H13NO4Si. The predicted molar refractivity (Wildman–Crippen MR) is 41.9 cm³/mol. The van der Waals surface area contributed by atoms with Crippen molar-refractivity contribution in [2.75, 3.05) is 21.3 Å². The van der Waals surface area contributed by atoms with Crippen LogP contribution in [-0.2, 0) is 13.9 Å². The number of carbonyl (C=O) groups is 1. The van der Waals surface area contributed by atoms with E-state index >= 15 is 0 Å². The zero-order valence-electron chi connectivity index (χ0n) is 6.92. The van der Waals surface area contributed by atoms with Gasteiger partial charge in [-0.2, -0.15) is 0 Å². The highest BCUT2D eigenvalue weighted by molar-refractivity contribution is 6.31. The van der Waals surface area contributed by atoms with Gasteiger partial charge in [0.15, 0.2) is 5.91 Å². The van der Waals surface area contributed by atoms with Gasteiger partial charge in [0.25, 0.3) is 9.76 Å². The van der Waals surface area contributed by atoms with Gasteiger partial charge in [0.05, 0.1) is 0 Å². The molecule has 1 amide bonds. The number of nitrogens with one attached hydrogen (secondary N) is 1. The summed E-state index contributed by atoms with van der Waals surface area (Å²) in [5, 5.41) is 2.33. The normalized spacial score (nSPS) is 10.9. The van der Waals surface area contributed by atoms with Gasteiger partial charge >= 0.3 is 6.09 Å². The monoisotopic (exact) mass is 179 g/mol. The fourth-order valence-corrected chi connectivity index (χ4v) is 1.15. The van der Waals surface area contributed by atoms with Crippen molar-refractivity contribution in [2.24, 2.45) is 0 Å². The van der Waals surface area contributed by atoms with Crippen molar-refractivity contribution in [1.29, 1.82) is 0 Å². The highest BCUT2D eigenvalue weighted by Crippen LogP contribution is 1.88. The van der Waals surface area contributed by atoms with Crippen LogP contribution in [-0.4, -0.2) is 43.0 Å². The number of ether oxygens (including phenoxy) is 2. The third-order valence-electron chi connectivity index (χ3n) is 1.08. The van der Waals surface area contributed by atoms with E-state index in [1.165, 1.54) is 21.3 Å². The average molecular weight is 179 g/mol. The molecule has 0 spiro atoms. The molecule has 0 unspecified atom stereocenters. The van der Waals surface area contributed by atoms with Crippen LogP contribution in [0.15, 0.2) is 0 Å². The summed E-state index contributed by atoms with van der Waals surface area (Å²) in [5.41, 5.74) is 0. The molecule has 0 fully saturated rings. The van der Waals surface area contributed by atoms with Gasteiger partial charge in [-0.1, -0.05) is 0 Å². The summed E-state index contributed by atoms with van der Waals surface area (Å²) in [6.45, 7) is 0. The van der Waals surface area contributed by atoms with Crippen molar-refractivity contribution in [3.8, 4) is 0 Å². The molecule has 0 saturated carbocycles. The third-order valence-corrected chi connectivity index (χ3v) is 2.45. The smallest absolute Gasteiger partial charge is 0.393 e. The number of rotatable bonds is 4. The lowest BCUT2D eigenvalue weighted by Crippen LogP contribution is -2.30. The van der Waals surface area contributed by atoms with Crippen LogP contribution < -0.4 is 5.32 Å². The molecule has 0 rings (SSSR count). The Kier molecular flexibility index (Phi) is 5.81. The first-order chi connectivity index (χ1) is 5.24. The second kappa shape index (κ2) is 6.14. The molecule has 5 nitrogen and oxygen atoms in total. The molecule has 0 radical (unpaired) electrons. The Hall–Kier alpha value is -0.593. The molecule has 0 aliphatic carbocycles. The number of hydrogen-bond donors (Lipinski definition) is 1. The molecule has 11 heavy (non-hydrogen) atoms. The lowest BCUT2D eigenvalue weighted by Gasteiger charge is -2.12. The largest absolute Gasteiger partial charge is 0.504 e. The van der Waals surface area contributed by atoms with Crippen LogP contribution in [0.25, 0.3) is 0 Å². The standard InChI is InChI=1S/C5H13NO4Si/c1-6-4(7)10-11-5(8-2)9-3/h5H,11H2,1-3H3,(H,6,7). The van der Waals surface area contributed by atoms with Crippen LogP contribution in [0.5, 0.6) is 0 Å². The fraction of sp³-hybridized carbons (Fsp3) is 0.800. The van der Waals surface area contributed by atoms with Crippen molar-refractivity contribution in [3.05, 3.63) is 0 Å². The van der Waals surface area contributed by atoms with Gasteiger partial charge in [-0.05, 0) is 0 Å². The maximum absolute atomic E-state index is 10.5. The van der Waals surface area contributed by atoms with Crippen LogP contribution >= 0.6 is 0 Å². The highest BCUT2D eigenvalue weighted by Gasteiger charge is 2.08. The van der Waals surface area contributed by atoms with E-state index in [1.54, 1.807) is 0 Å². The van der Waals surface area contributed by atoms with Crippen LogP contribution in [0.3, 0.4) is 0 Å². The summed E-state index contributed by atoms with van der Waals surface area (Å²) >= 11 is 0. The molecule has 0 aromatic carbocycles. The number of hydrogen-bond acceptors (Lipinski definition) is 4. The van der Waals surface area contributed by atoms with Crippen molar-refractivity contribution < 1.29 is 18.7 Å². The Balaban J connectivity index is 3.42. The van der Waals surface area contributed by atoms with Crippen molar-refractivity contribution in [1.82, 2.24) is 5.32 Å². The van der Waals surface area contributed by atoms with Crippen LogP contribution in [0.1, 0.15) is 0 Å². The van der Waals surface area contributed by atoms with Gasteiger partial charge < -0.3 is 19.2 Å². The number of methoxy groups -OCH3 is 2. The van der Waals surface area contributed by atoms with E-state index in [-0.39, 0.29) is 5.91 Å². The van der Waals surface area contributed by atoms with E-state index in [0.717, 1.165) is 0 Å². The number of amides is 1. The molecule has 0 aliphatic heterocycles. The van der Waals surface area contributed by atoms with E-state index in [2.05, 4.69) is 5.32 Å². The minimum Gasteiger partial charge on any atom is -0.504 e. The Morgan fingerprint density at radius 3 is 2.36 bits per heavy atom. The zero-order chi connectivity index (χ0) is 8.69. The first-order valence-electron chi connectivity index (χ1n) is 3.14. The van der Waals surface area contributed by atoms with E-state index < -0.39 is 15.9 Å². The topological polar surface area (TPSA) is 56.8 Å². The Morgan fingerprint density at radius 1 is 1.45 bits per heavy atom. The van der Waals surface area contributed by atoms with E-state index in [9.17, 15) is 4.79 Å². The second-order valence-electron chi connectivity index (χ2n) is 1.75. The summed E-state index contributed by atoms with van der Waals surface area (Å²) < 4.78 is 14.4. The van der Waals surface area contributed by atoms with Crippen molar-refractivity contribution >= 4 is 15.9 Å². The minimum absolute atomic E-state index is 0.354. The molecular weight excluding hydrogens is 166 g/mol. The van der Waals surface area contributed by atoms with Gasteiger partial charge in [0, 0.05) is 21.3 Å². The second-order valence-corrected chi connectivity index (χ2v) is 3.04. The molecule has 1 N–H and O–H groups in total. The van der Waals surface area contributed by atoms with Gasteiger partial charge in [-0.15, -0.1) is 0 Å². The quantitative estimate of drug-likeness (QED) is 0.444. The average Bonchev–Trinajstić information content (AvgIpc) is 2.06. The molecule has 0 aromatic heterocycles. The summed E-state index contributed by atoms with van der Waals surface area (Å²) in [5.74, 6) is -0.354. The zero-order valence-corrected chi connectivity index (χ0v) is 8.33. The van der Waals surface area contributed by atoms with Gasteiger partial charge in [-0.3, -0.25) is 0 Å². The van der Waals surface area contributed by atoms with Crippen LogP contribution in [0.4, 0.5) is 4.79 Å². The number of carbonyl (C=O) groups excluding carboxylic acids is 1. The van der Waals surface area contributed by atoms with E-state index in [0.29, 0.717) is 0 Å². The lowest BCUT2D eigenvalue weighted by atomic mass is 11.1. The summed E-state index contributed by atoms with van der Waals surface area (Å²) in [6.07, 6.45) is -0.434. The molecule has 0 aromatic rings. The molecule has 0 heterocycles. The first kappa shape index (κ1) is 10.4. The van der Waals surface area contributed by atoms with Crippen LogP contribution in [0.2, 0.25) is 0 Å². The summed E-state index contributed by atoms with van der Waals surface area (Å²) in [6, 6.07) is 0. The van der Waals surface area contributed by atoms with Gasteiger partial charge in [0.1, 0.15) is 0 Å². The predicted octanol–water partition coefficient (Wildman–Crippen LogP) is -0.997. The highest BCUT2D eigenvalue weighted by atomic mass is 28.2. The molecule has 66 valence electrons. The van der Waals surface area contributed by atoms with Gasteiger partial charge in [0.2, 0.25) is 0 Å². The van der Waals surface area contributed by atoms with Gasteiger partial charge in [-0.25, -0.2) is 4.79 Å². The molecule has 0 saturated heterocycles. The molecule has 0 aliphatic rings. The van der Waals surface area contributed by atoms with Crippen molar-refractivity contribution in [3.63, 3.8) is 0 Å². The Labute approximate surface area is 67.9 Å². The Bertz CT molecular complexity index is 117. The molecule has 0 atom stereocenters. The van der Waals surface area contributed by atoms with E-state index in [1.807, 2.05) is 0 Å². The Morgan fingerprint density at radius 2 is 2.00 bits per heavy atom. The van der Waals surface area contributed by atoms with Crippen LogP contribution in [0, 0.1) is 0 Å². The lowest BCUT2D eigenvalue weighted by molar-refractivity contribution is -0.0504. The fourth-order valence-electron chi connectivity index (χ4n) is 0.448. The van der Waals surface area contributed by atoms with Crippen molar-refractivity contribution in [2.45, 2.75) is 5.91 Å². The summed E-state index contributed by atoms with van der Waals surface area (Å²) in [7, 11) is 3.43. The first-order valence-corrected chi connectivity index (χ1v) is 4.54.